The molecule has 1 amide bonds. The number of hydrogen-bond acceptors (Lipinski definition) is 3. The fourth-order valence-electron chi connectivity index (χ4n) is 1.90. The van der Waals surface area contributed by atoms with E-state index < -0.39 is 0 Å². The minimum atomic E-state index is -0.0998. The first kappa shape index (κ1) is 11.8. The molecule has 0 spiro atoms. The van der Waals surface area contributed by atoms with Crippen LogP contribution in [-0.2, 0) is 4.79 Å². The Kier molecular flexibility index (Phi) is 3.52. The van der Waals surface area contributed by atoms with Crippen molar-refractivity contribution in [2.45, 2.75) is 32.7 Å². The van der Waals surface area contributed by atoms with Crippen LogP contribution < -0.4 is 15.4 Å². The van der Waals surface area contributed by atoms with Crippen LogP contribution in [0.2, 0.25) is 0 Å². The molecule has 0 aromatic heterocycles. The molecule has 4 nitrogen and oxygen atoms in total. The second-order valence-corrected chi connectivity index (χ2v) is 4.21. The van der Waals surface area contributed by atoms with Gasteiger partial charge < -0.3 is 15.4 Å². The van der Waals surface area contributed by atoms with Crippen molar-refractivity contribution in [3.8, 4) is 5.75 Å². The summed E-state index contributed by atoms with van der Waals surface area (Å²) in [6.45, 7) is 4.42. The quantitative estimate of drug-likeness (QED) is 0.842. The maximum atomic E-state index is 11.2. The van der Waals surface area contributed by atoms with Crippen molar-refractivity contribution in [2.24, 2.45) is 0 Å². The number of rotatable bonds is 4. The summed E-state index contributed by atoms with van der Waals surface area (Å²) in [6, 6.07) is 6.26. The van der Waals surface area contributed by atoms with E-state index in [0.717, 1.165) is 30.0 Å². The van der Waals surface area contributed by atoms with Crippen LogP contribution in [0, 0.1) is 0 Å². The van der Waals surface area contributed by atoms with Crippen molar-refractivity contribution in [3.63, 3.8) is 0 Å². The molecule has 0 atom stereocenters. The van der Waals surface area contributed by atoms with Gasteiger partial charge in [0.15, 0.2) is 6.61 Å². The Morgan fingerprint density at radius 3 is 2.88 bits per heavy atom. The number of fused-ring (bicyclic) bond motifs is 1. The van der Waals surface area contributed by atoms with Crippen LogP contribution in [-0.4, -0.2) is 18.6 Å². The first-order valence-corrected chi connectivity index (χ1v) is 6.06. The minimum absolute atomic E-state index is 0.0998. The van der Waals surface area contributed by atoms with Gasteiger partial charge in [0.25, 0.3) is 5.91 Å². The highest BCUT2D eigenvalue weighted by atomic mass is 16.5. The second-order valence-electron chi connectivity index (χ2n) is 4.21. The highest BCUT2D eigenvalue weighted by Crippen LogP contribution is 2.30. The average molecular weight is 234 g/mol. The third-order valence-corrected chi connectivity index (χ3v) is 2.97. The molecule has 0 fully saturated rings. The summed E-state index contributed by atoms with van der Waals surface area (Å²) in [5.74, 6) is 0.636. The summed E-state index contributed by atoms with van der Waals surface area (Å²) < 4.78 is 5.31. The van der Waals surface area contributed by atoms with Gasteiger partial charge in [0, 0.05) is 11.7 Å². The Morgan fingerprint density at radius 2 is 2.18 bits per heavy atom. The van der Waals surface area contributed by atoms with E-state index in [1.54, 1.807) is 0 Å². The zero-order chi connectivity index (χ0) is 12.3. The maximum absolute atomic E-state index is 11.2. The van der Waals surface area contributed by atoms with E-state index in [4.69, 9.17) is 4.74 Å². The first-order valence-electron chi connectivity index (χ1n) is 6.06. The molecule has 0 saturated heterocycles. The van der Waals surface area contributed by atoms with E-state index >= 15 is 0 Å². The number of hydrogen-bond donors (Lipinski definition) is 2. The van der Waals surface area contributed by atoms with E-state index in [1.807, 2.05) is 18.2 Å². The molecule has 0 radical (unpaired) electrons. The third-order valence-electron chi connectivity index (χ3n) is 2.97. The van der Waals surface area contributed by atoms with Gasteiger partial charge in [0.2, 0.25) is 0 Å². The number of amides is 1. The van der Waals surface area contributed by atoms with Gasteiger partial charge in [0.05, 0.1) is 5.69 Å². The summed E-state index contributed by atoms with van der Waals surface area (Å²) in [6.07, 6.45) is 2.16. The van der Waals surface area contributed by atoms with E-state index in [-0.39, 0.29) is 12.5 Å². The normalized spacial score (nSPS) is 13.9. The number of benzene rings is 1. The first-order chi connectivity index (χ1) is 8.22. The van der Waals surface area contributed by atoms with Crippen LogP contribution in [0.4, 0.5) is 11.4 Å². The third kappa shape index (κ3) is 2.70. The fourth-order valence-corrected chi connectivity index (χ4v) is 1.90. The van der Waals surface area contributed by atoms with Crippen LogP contribution in [0.3, 0.4) is 0 Å². The maximum Gasteiger partial charge on any atom is 0.262 e. The molecule has 0 aliphatic carbocycles. The topological polar surface area (TPSA) is 50.4 Å². The predicted octanol–water partition coefficient (Wildman–Crippen LogP) is 2.62. The lowest BCUT2D eigenvalue weighted by Gasteiger charge is -2.21. The number of ether oxygens (including phenoxy) is 1. The van der Waals surface area contributed by atoms with E-state index in [9.17, 15) is 4.79 Å². The van der Waals surface area contributed by atoms with Crippen molar-refractivity contribution < 1.29 is 9.53 Å². The summed E-state index contributed by atoms with van der Waals surface area (Å²) in [7, 11) is 0. The molecule has 1 heterocycles. The van der Waals surface area contributed by atoms with E-state index in [0.29, 0.717) is 6.04 Å². The average Bonchev–Trinajstić information content (AvgIpc) is 2.35. The molecule has 1 aromatic rings. The lowest BCUT2D eigenvalue weighted by Crippen LogP contribution is -2.25. The molecule has 0 unspecified atom stereocenters. The van der Waals surface area contributed by atoms with Crippen molar-refractivity contribution in [1.29, 1.82) is 0 Å². The predicted molar refractivity (Wildman–Crippen MR) is 68.6 cm³/mol. The van der Waals surface area contributed by atoms with Gasteiger partial charge in [-0.25, -0.2) is 0 Å². The van der Waals surface area contributed by atoms with Crippen LogP contribution in [0.1, 0.15) is 26.7 Å². The zero-order valence-corrected chi connectivity index (χ0v) is 10.2. The van der Waals surface area contributed by atoms with Gasteiger partial charge in [-0.2, -0.15) is 0 Å². The molecule has 1 aromatic carbocycles. The smallest absolute Gasteiger partial charge is 0.262 e. The number of nitrogens with one attached hydrogen (secondary N) is 2. The van der Waals surface area contributed by atoms with Gasteiger partial charge in [-0.1, -0.05) is 13.8 Å². The van der Waals surface area contributed by atoms with Gasteiger partial charge >= 0.3 is 0 Å². The lowest BCUT2D eigenvalue weighted by molar-refractivity contribution is -0.118. The van der Waals surface area contributed by atoms with Gasteiger partial charge in [-0.05, 0) is 31.0 Å². The SMILES string of the molecule is CCC(CC)Nc1ccc2c(c1)NC(=O)CO2. The molecule has 0 saturated carbocycles. The molecule has 0 bridgehead atoms. The summed E-state index contributed by atoms with van der Waals surface area (Å²) in [5, 5.41) is 6.24. The van der Waals surface area contributed by atoms with Crippen molar-refractivity contribution in [3.05, 3.63) is 18.2 Å². The lowest BCUT2D eigenvalue weighted by atomic mass is 10.1. The fraction of sp³-hybridized carbons (Fsp3) is 0.462. The monoisotopic (exact) mass is 234 g/mol. The highest BCUT2D eigenvalue weighted by molar-refractivity contribution is 5.96. The Balaban J connectivity index is 2.15. The molecular formula is C13H18N2O2. The molecule has 1 aliphatic heterocycles. The molecule has 4 heteroatoms. The number of carbonyl (C=O) groups is 1. The Labute approximate surface area is 101 Å². The van der Waals surface area contributed by atoms with Crippen LogP contribution in [0.25, 0.3) is 0 Å². The Hall–Kier alpha value is -1.71. The summed E-state index contributed by atoms with van der Waals surface area (Å²) in [5.41, 5.74) is 1.76. The number of anilines is 2. The molecule has 2 rings (SSSR count). The largest absolute Gasteiger partial charge is 0.482 e. The van der Waals surface area contributed by atoms with E-state index in [2.05, 4.69) is 24.5 Å². The standard InChI is InChI=1S/C13H18N2O2/c1-3-9(4-2)14-10-5-6-12-11(7-10)15-13(16)8-17-12/h5-7,9,14H,3-4,8H2,1-2H3,(H,15,16). The van der Waals surface area contributed by atoms with Crippen LogP contribution in [0.5, 0.6) is 5.75 Å². The molecule has 92 valence electrons. The number of carbonyl (C=O) groups excluding carboxylic acids is 1. The van der Waals surface area contributed by atoms with E-state index in [1.165, 1.54) is 0 Å². The van der Waals surface area contributed by atoms with Crippen molar-refractivity contribution in [1.82, 2.24) is 0 Å². The van der Waals surface area contributed by atoms with Crippen LogP contribution >= 0.6 is 0 Å². The van der Waals surface area contributed by atoms with Crippen molar-refractivity contribution >= 4 is 17.3 Å². The zero-order valence-electron chi connectivity index (χ0n) is 10.2. The molecular weight excluding hydrogens is 216 g/mol. The van der Waals surface area contributed by atoms with Gasteiger partial charge in [-0.3, -0.25) is 4.79 Å². The Morgan fingerprint density at radius 1 is 1.41 bits per heavy atom. The molecule has 2 N–H and O–H groups in total. The van der Waals surface area contributed by atoms with Crippen molar-refractivity contribution in [2.75, 3.05) is 17.2 Å². The highest BCUT2D eigenvalue weighted by Gasteiger charge is 2.16. The Bertz CT molecular complexity index is 414. The molecule has 17 heavy (non-hydrogen) atoms. The molecule has 1 aliphatic rings. The van der Waals surface area contributed by atoms with Gasteiger partial charge in [-0.15, -0.1) is 0 Å². The van der Waals surface area contributed by atoms with Crippen LogP contribution in [0.15, 0.2) is 18.2 Å². The summed E-state index contributed by atoms with van der Waals surface area (Å²) in [4.78, 5) is 11.2. The summed E-state index contributed by atoms with van der Waals surface area (Å²) >= 11 is 0. The van der Waals surface area contributed by atoms with Gasteiger partial charge in [0.1, 0.15) is 5.75 Å². The minimum Gasteiger partial charge on any atom is -0.482 e. The second kappa shape index (κ2) is 5.08.